The van der Waals surface area contributed by atoms with E-state index >= 15 is 0 Å². The van der Waals surface area contributed by atoms with Crippen LogP contribution in [0.25, 0.3) is 0 Å². The third-order valence-electron chi connectivity index (χ3n) is 3.38. The zero-order valence-corrected chi connectivity index (χ0v) is 11.9. The molecule has 1 aromatic rings. The Bertz CT molecular complexity index is 425. The fraction of sp³-hybridized carbons (Fsp3) is 0.692. The first-order valence-corrected chi connectivity index (χ1v) is 7.36. The molecule has 0 amide bonds. The van der Waals surface area contributed by atoms with Gasteiger partial charge in [-0.25, -0.2) is 9.78 Å². The zero-order chi connectivity index (χ0) is 13.7. The van der Waals surface area contributed by atoms with E-state index < -0.39 is 0 Å². The Morgan fingerprint density at radius 1 is 1.68 bits per heavy atom. The third-order valence-corrected chi connectivity index (χ3v) is 4.38. The number of alkyl halides is 1. The number of nitrogens with zero attached hydrogens (tertiary/aromatic N) is 2. The number of aromatic nitrogens is 1. The Morgan fingerprint density at radius 2 is 2.53 bits per heavy atom. The van der Waals surface area contributed by atoms with Crippen LogP contribution in [0.2, 0.25) is 0 Å². The molecule has 0 aromatic carbocycles. The summed E-state index contributed by atoms with van der Waals surface area (Å²) in [6.45, 7) is 2.65. The van der Waals surface area contributed by atoms with Gasteiger partial charge in [-0.3, -0.25) is 4.39 Å². The van der Waals surface area contributed by atoms with E-state index in [1.807, 2.05) is 0 Å². The number of hydrogen-bond acceptors (Lipinski definition) is 5. The van der Waals surface area contributed by atoms with Gasteiger partial charge in [0.2, 0.25) is 0 Å². The highest BCUT2D eigenvalue weighted by molar-refractivity contribution is 7.13. The van der Waals surface area contributed by atoms with Crippen molar-refractivity contribution in [1.29, 1.82) is 0 Å². The van der Waals surface area contributed by atoms with Crippen LogP contribution in [0.3, 0.4) is 0 Å². The van der Waals surface area contributed by atoms with Crippen molar-refractivity contribution < 1.29 is 13.9 Å². The summed E-state index contributed by atoms with van der Waals surface area (Å²) in [5.74, 6) is 0.246. The number of halogens is 1. The molecule has 1 aliphatic rings. The van der Waals surface area contributed by atoms with Gasteiger partial charge in [0.15, 0.2) is 0 Å². The highest BCUT2D eigenvalue weighted by Gasteiger charge is 2.23. The Hall–Kier alpha value is -1.01. The predicted molar refractivity (Wildman–Crippen MR) is 72.3 cm³/mol. The van der Waals surface area contributed by atoms with Crippen LogP contribution in [0.1, 0.15) is 27.5 Å². The molecule has 4 nitrogen and oxygen atoms in total. The lowest BCUT2D eigenvalue weighted by molar-refractivity contribution is 0.0606. The normalized spacial score (nSPS) is 19.8. The van der Waals surface area contributed by atoms with E-state index in [-0.39, 0.29) is 12.6 Å². The minimum atomic E-state index is -0.320. The summed E-state index contributed by atoms with van der Waals surface area (Å²) in [5, 5.41) is 0.984. The van der Waals surface area contributed by atoms with Crippen molar-refractivity contribution in [2.24, 2.45) is 5.92 Å². The van der Waals surface area contributed by atoms with Crippen LogP contribution in [-0.2, 0) is 11.2 Å². The first-order chi connectivity index (χ1) is 9.22. The average molecular weight is 286 g/mol. The van der Waals surface area contributed by atoms with Crippen LogP contribution < -0.4 is 0 Å². The molecule has 2 rings (SSSR count). The molecule has 0 N–H and O–H groups in total. The van der Waals surface area contributed by atoms with Crippen molar-refractivity contribution in [3.8, 4) is 0 Å². The highest BCUT2D eigenvalue weighted by Crippen LogP contribution is 2.23. The summed E-state index contributed by atoms with van der Waals surface area (Å²) in [6.07, 6.45) is 4.23. The molecule has 0 spiro atoms. The molecule has 0 unspecified atom stereocenters. The van der Waals surface area contributed by atoms with Crippen molar-refractivity contribution in [3.63, 3.8) is 0 Å². The minimum absolute atomic E-state index is 0.240. The average Bonchev–Trinajstić information content (AvgIpc) is 3.05. The van der Waals surface area contributed by atoms with Gasteiger partial charge in [0.1, 0.15) is 4.88 Å². The molecular weight excluding hydrogens is 267 g/mol. The van der Waals surface area contributed by atoms with Gasteiger partial charge in [-0.2, -0.15) is 0 Å². The van der Waals surface area contributed by atoms with E-state index in [2.05, 4.69) is 14.6 Å². The molecule has 106 valence electrons. The van der Waals surface area contributed by atoms with Crippen LogP contribution in [0.15, 0.2) is 6.20 Å². The van der Waals surface area contributed by atoms with Gasteiger partial charge in [-0.1, -0.05) is 0 Å². The van der Waals surface area contributed by atoms with E-state index in [4.69, 9.17) is 0 Å². The van der Waals surface area contributed by atoms with Gasteiger partial charge in [-0.15, -0.1) is 11.3 Å². The molecule has 2 heterocycles. The minimum Gasteiger partial charge on any atom is -0.465 e. The molecule has 1 atom stereocenters. The van der Waals surface area contributed by atoms with Crippen molar-refractivity contribution in [2.75, 3.05) is 33.4 Å². The predicted octanol–water partition coefficient (Wildman–Crippen LogP) is 2.15. The fourth-order valence-corrected chi connectivity index (χ4v) is 3.36. The van der Waals surface area contributed by atoms with Crippen LogP contribution in [0.5, 0.6) is 0 Å². The Morgan fingerprint density at radius 3 is 3.26 bits per heavy atom. The smallest absolute Gasteiger partial charge is 0.349 e. The number of thiazole rings is 1. The number of hydrogen-bond donors (Lipinski definition) is 0. The maximum Gasteiger partial charge on any atom is 0.349 e. The van der Waals surface area contributed by atoms with Crippen molar-refractivity contribution >= 4 is 17.3 Å². The Kier molecular flexibility index (Phi) is 5.27. The Labute approximate surface area is 116 Å². The number of rotatable bonds is 6. The summed E-state index contributed by atoms with van der Waals surface area (Å²) >= 11 is 1.41. The van der Waals surface area contributed by atoms with Gasteiger partial charge in [-0.05, 0) is 25.3 Å². The third kappa shape index (κ3) is 3.98. The van der Waals surface area contributed by atoms with E-state index in [9.17, 15) is 9.18 Å². The number of esters is 1. The number of ether oxygens (including phenoxy) is 1. The standard InChI is InChI=1S/C13H19FN2O2S/c1-18-13(17)11-8-15-12(19-11)7-10-3-6-16(9-10)5-2-4-14/h8,10H,2-7,9H2,1H3/t10-/m1/s1. The van der Waals surface area contributed by atoms with Gasteiger partial charge in [0, 0.05) is 19.5 Å². The largest absolute Gasteiger partial charge is 0.465 e. The summed E-state index contributed by atoms with van der Waals surface area (Å²) in [7, 11) is 1.38. The number of likely N-dealkylation sites (tertiary alicyclic amines) is 1. The zero-order valence-electron chi connectivity index (χ0n) is 11.1. The quantitative estimate of drug-likeness (QED) is 0.752. The van der Waals surface area contributed by atoms with Gasteiger partial charge in [0.05, 0.1) is 25.0 Å². The van der Waals surface area contributed by atoms with Crippen molar-refractivity contribution in [1.82, 2.24) is 9.88 Å². The SMILES string of the molecule is COC(=O)c1cnc(C[C@H]2CCN(CCCF)C2)s1. The van der Waals surface area contributed by atoms with E-state index in [0.29, 0.717) is 17.2 Å². The second-order valence-corrected chi connectivity index (χ2v) is 5.93. The van der Waals surface area contributed by atoms with Gasteiger partial charge >= 0.3 is 5.97 Å². The maximum atomic E-state index is 12.1. The molecule has 1 fully saturated rings. The second kappa shape index (κ2) is 6.96. The lowest BCUT2D eigenvalue weighted by atomic mass is 10.1. The summed E-state index contributed by atoms with van der Waals surface area (Å²) < 4.78 is 16.8. The molecule has 19 heavy (non-hydrogen) atoms. The maximum absolute atomic E-state index is 12.1. The number of methoxy groups -OCH3 is 1. The van der Waals surface area contributed by atoms with Crippen LogP contribution in [-0.4, -0.2) is 49.3 Å². The Balaban J connectivity index is 1.82. The molecule has 0 saturated carbocycles. The molecule has 1 aromatic heterocycles. The van der Waals surface area contributed by atoms with Crippen molar-refractivity contribution in [3.05, 3.63) is 16.1 Å². The number of carbonyl (C=O) groups is 1. The van der Waals surface area contributed by atoms with Gasteiger partial charge in [0.25, 0.3) is 0 Å². The van der Waals surface area contributed by atoms with E-state index in [1.54, 1.807) is 6.20 Å². The lowest BCUT2D eigenvalue weighted by Gasteiger charge is -2.14. The first-order valence-electron chi connectivity index (χ1n) is 6.54. The molecule has 0 aliphatic carbocycles. The fourth-order valence-electron chi connectivity index (χ4n) is 2.41. The van der Waals surface area contributed by atoms with Crippen LogP contribution in [0, 0.1) is 5.92 Å². The number of carbonyl (C=O) groups excluding carboxylic acids is 1. The summed E-state index contributed by atoms with van der Waals surface area (Å²) in [6, 6.07) is 0. The topological polar surface area (TPSA) is 42.4 Å². The van der Waals surface area contributed by atoms with Gasteiger partial charge < -0.3 is 9.64 Å². The summed E-state index contributed by atoms with van der Waals surface area (Å²) in [4.78, 5) is 18.5. The van der Waals surface area contributed by atoms with Crippen LogP contribution in [0.4, 0.5) is 4.39 Å². The highest BCUT2D eigenvalue weighted by atomic mass is 32.1. The van der Waals surface area contributed by atoms with E-state index in [1.165, 1.54) is 18.4 Å². The molecule has 0 radical (unpaired) electrons. The molecule has 1 saturated heterocycles. The molecular formula is C13H19FN2O2S. The molecule has 6 heteroatoms. The second-order valence-electron chi connectivity index (χ2n) is 4.81. The van der Waals surface area contributed by atoms with Crippen LogP contribution >= 0.6 is 11.3 Å². The van der Waals surface area contributed by atoms with Crippen molar-refractivity contribution in [2.45, 2.75) is 19.3 Å². The van der Waals surface area contributed by atoms with E-state index in [0.717, 1.165) is 37.5 Å². The summed E-state index contributed by atoms with van der Waals surface area (Å²) in [5.41, 5.74) is 0. The lowest BCUT2D eigenvalue weighted by Crippen LogP contribution is -2.22. The monoisotopic (exact) mass is 286 g/mol. The molecule has 1 aliphatic heterocycles. The molecule has 0 bridgehead atoms. The first kappa shape index (κ1) is 14.4.